The minimum Gasteiger partial charge on any atom is -0.355 e. The van der Waals surface area contributed by atoms with Crippen molar-refractivity contribution in [2.75, 3.05) is 26.2 Å². The fraction of sp³-hybridized carbons (Fsp3) is 0.387. The number of hydrogen-bond donors (Lipinski definition) is 1. The number of carbonyl (C=O) groups is 1. The van der Waals surface area contributed by atoms with E-state index in [1.165, 1.54) is 8.61 Å². The zero-order valence-corrected chi connectivity index (χ0v) is 25.8. The normalized spacial score (nSPS) is 14.5. The van der Waals surface area contributed by atoms with Gasteiger partial charge in [-0.1, -0.05) is 59.7 Å². The van der Waals surface area contributed by atoms with Crippen molar-refractivity contribution in [3.8, 4) is 0 Å². The highest BCUT2D eigenvalue weighted by Crippen LogP contribution is 2.27. The fourth-order valence-corrected chi connectivity index (χ4v) is 8.61. The zero-order valence-electron chi connectivity index (χ0n) is 24.2. The number of aryl methyl sites for hydroxylation is 4. The average Bonchev–Trinajstić information content (AvgIpc) is 3.45. The van der Waals surface area contributed by atoms with Crippen LogP contribution in [0.1, 0.15) is 46.2 Å². The Morgan fingerprint density at radius 1 is 0.805 bits per heavy atom. The number of nitrogens with zero attached hydrogens (tertiary/aromatic N) is 2. The van der Waals surface area contributed by atoms with Crippen molar-refractivity contribution in [1.82, 2.24) is 13.9 Å². The first kappa shape index (κ1) is 30.9. The summed E-state index contributed by atoms with van der Waals surface area (Å²) in [6, 6.07) is 18.0. The molecule has 0 aromatic heterocycles. The van der Waals surface area contributed by atoms with E-state index in [9.17, 15) is 21.6 Å². The highest BCUT2D eigenvalue weighted by molar-refractivity contribution is 7.89. The Morgan fingerprint density at radius 3 is 1.95 bits per heavy atom. The molecule has 0 radical (unpaired) electrons. The third-order valence-electron chi connectivity index (χ3n) is 7.36. The van der Waals surface area contributed by atoms with E-state index in [0.29, 0.717) is 30.6 Å². The van der Waals surface area contributed by atoms with Gasteiger partial charge >= 0.3 is 0 Å². The van der Waals surface area contributed by atoms with Gasteiger partial charge in [-0.05, 0) is 81.3 Å². The van der Waals surface area contributed by atoms with E-state index >= 15 is 0 Å². The van der Waals surface area contributed by atoms with Gasteiger partial charge in [0.2, 0.25) is 26.0 Å². The largest absolute Gasteiger partial charge is 0.355 e. The third kappa shape index (κ3) is 7.43. The summed E-state index contributed by atoms with van der Waals surface area (Å²) in [6.45, 7) is 8.57. The van der Waals surface area contributed by atoms with Crippen LogP contribution in [0.4, 0.5) is 0 Å². The maximum atomic E-state index is 13.9. The summed E-state index contributed by atoms with van der Waals surface area (Å²) in [7, 11) is -7.45. The van der Waals surface area contributed by atoms with Crippen molar-refractivity contribution >= 4 is 26.0 Å². The maximum Gasteiger partial charge on any atom is 0.244 e. The van der Waals surface area contributed by atoms with E-state index < -0.39 is 26.0 Å². The molecule has 220 valence electrons. The van der Waals surface area contributed by atoms with Crippen LogP contribution >= 0.6 is 0 Å². The van der Waals surface area contributed by atoms with Crippen LogP contribution in [0.25, 0.3) is 0 Å². The van der Waals surface area contributed by atoms with Gasteiger partial charge in [0.15, 0.2) is 0 Å². The zero-order chi connectivity index (χ0) is 29.8. The molecular weight excluding hydrogens is 558 g/mol. The standard InChI is InChI=1S/C31H39N3O5S2/c1-23-7-9-28(10-8-23)21-34(41(38,39)31-25(3)19-24(2)20-26(31)4)22-30(35)32-16-15-27-11-13-29(14-12-27)40(36,37)33-17-5-6-18-33/h7-14,19-20H,5-6,15-18,21-22H2,1-4H3,(H,32,35). The molecule has 1 aliphatic rings. The van der Waals surface area contributed by atoms with E-state index in [1.54, 1.807) is 38.1 Å². The van der Waals surface area contributed by atoms with Crippen molar-refractivity contribution < 1.29 is 21.6 Å². The number of hydrogen-bond acceptors (Lipinski definition) is 5. The lowest BCUT2D eigenvalue weighted by Crippen LogP contribution is -2.41. The van der Waals surface area contributed by atoms with Crippen LogP contribution in [0, 0.1) is 27.7 Å². The van der Waals surface area contributed by atoms with E-state index in [-0.39, 0.29) is 29.4 Å². The van der Waals surface area contributed by atoms with Crippen molar-refractivity contribution in [3.63, 3.8) is 0 Å². The van der Waals surface area contributed by atoms with Gasteiger partial charge in [0.25, 0.3) is 0 Å². The van der Waals surface area contributed by atoms with Crippen molar-refractivity contribution in [1.29, 1.82) is 0 Å². The van der Waals surface area contributed by atoms with Gasteiger partial charge in [0, 0.05) is 26.2 Å². The van der Waals surface area contributed by atoms with E-state index in [0.717, 1.165) is 35.1 Å². The Kier molecular flexibility index (Phi) is 9.69. The molecule has 0 unspecified atom stereocenters. The second-order valence-corrected chi connectivity index (χ2v) is 14.7. The molecule has 4 rings (SSSR count). The number of carbonyl (C=O) groups excluding carboxylic acids is 1. The fourth-order valence-electron chi connectivity index (χ4n) is 5.29. The maximum absolute atomic E-state index is 13.9. The highest BCUT2D eigenvalue weighted by Gasteiger charge is 2.30. The number of nitrogens with one attached hydrogen (secondary N) is 1. The predicted octanol–water partition coefficient (Wildman–Crippen LogP) is 4.25. The summed E-state index contributed by atoms with van der Waals surface area (Å²) in [4.78, 5) is 13.5. The first-order valence-electron chi connectivity index (χ1n) is 13.9. The lowest BCUT2D eigenvalue weighted by molar-refractivity contribution is -0.121. The number of sulfonamides is 2. The summed E-state index contributed by atoms with van der Waals surface area (Å²) >= 11 is 0. The van der Waals surface area contributed by atoms with Gasteiger partial charge in [-0.25, -0.2) is 16.8 Å². The van der Waals surface area contributed by atoms with Crippen LogP contribution < -0.4 is 5.32 Å². The molecule has 1 amide bonds. The molecule has 0 bridgehead atoms. The summed E-state index contributed by atoms with van der Waals surface area (Å²) in [5.41, 5.74) is 4.99. The quantitative estimate of drug-likeness (QED) is 0.356. The van der Waals surface area contributed by atoms with Gasteiger partial charge < -0.3 is 5.32 Å². The smallest absolute Gasteiger partial charge is 0.244 e. The SMILES string of the molecule is Cc1ccc(CN(CC(=O)NCCc2ccc(S(=O)(=O)N3CCCC3)cc2)S(=O)(=O)c2c(C)cc(C)cc2C)cc1. The molecule has 0 spiro atoms. The molecule has 1 saturated heterocycles. The first-order chi connectivity index (χ1) is 19.4. The van der Waals surface area contributed by atoms with E-state index in [4.69, 9.17) is 0 Å². The lowest BCUT2D eigenvalue weighted by Gasteiger charge is -2.24. The Hall–Kier alpha value is -3.05. The van der Waals surface area contributed by atoms with Gasteiger partial charge in [-0.3, -0.25) is 4.79 Å². The molecule has 3 aromatic carbocycles. The van der Waals surface area contributed by atoms with Crippen LogP contribution in [0.15, 0.2) is 70.5 Å². The van der Waals surface area contributed by atoms with Crippen LogP contribution in [-0.4, -0.2) is 57.5 Å². The van der Waals surface area contributed by atoms with Crippen molar-refractivity contribution in [2.45, 2.75) is 63.3 Å². The van der Waals surface area contributed by atoms with Gasteiger partial charge in [-0.15, -0.1) is 0 Å². The molecule has 1 fully saturated rings. The Labute approximate surface area is 244 Å². The Morgan fingerprint density at radius 2 is 1.37 bits per heavy atom. The van der Waals surface area contributed by atoms with Crippen LogP contribution in [0.5, 0.6) is 0 Å². The highest BCUT2D eigenvalue weighted by atomic mass is 32.2. The molecule has 1 N–H and O–H groups in total. The molecule has 10 heteroatoms. The average molecular weight is 598 g/mol. The van der Waals surface area contributed by atoms with Crippen molar-refractivity contribution in [3.05, 3.63) is 94.0 Å². The predicted molar refractivity (Wildman–Crippen MR) is 161 cm³/mol. The van der Waals surface area contributed by atoms with Crippen molar-refractivity contribution in [2.24, 2.45) is 0 Å². The summed E-state index contributed by atoms with van der Waals surface area (Å²) < 4.78 is 56.0. The monoisotopic (exact) mass is 597 g/mol. The number of benzene rings is 3. The molecule has 0 saturated carbocycles. The van der Waals surface area contributed by atoms with Crippen LogP contribution in [0.2, 0.25) is 0 Å². The molecule has 3 aromatic rings. The van der Waals surface area contributed by atoms with Gasteiger partial charge in [-0.2, -0.15) is 8.61 Å². The second kappa shape index (κ2) is 12.9. The molecule has 1 heterocycles. The van der Waals surface area contributed by atoms with Gasteiger partial charge in [0.05, 0.1) is 16.3 Å². The molecular formula is C31H39N3O5S2. The van der Waals surface area contributed by atoms with Crippen LogP contribution in [0.3, 0.4) is 0 Å². The molecule has 0 atom stereocenters. The summed E-state index contributed by atoms with van der Waals surface area (Å²) in [6.07, 6.45) is 2.24. The Balaban J connectivity index is 1.44. The lowest BCUT2D eigenvalue weighted by atomic mass is 10.1. The Bertz CT molecular complexity index is 1570. The first-order valence-corrected chi connectivity index (χ1v) is 16.8. The third-order valence-corrected chi connectivity index (χ3v) is 11.4. The van der Waals surface area contributed by atoms with E-state index in [1.807, 2.05) is 50.2 Å². The van der Waals surface area contributed by atoms with Gasteiger partial charge in [0.1, 0.15) is 0 Å². The van der Waals surface area contributed by atoms with E-state index in [2.05, 4.69) is 5.32 Å². The second-order valence-electron chi connectivity index (χ2n) is 10.8. The topological polar surface area (TPSA) is 104 Å². The number of rotatable bonds is 11. The minimum atomic E-state index is -3.97. The molecule has 41 heavy (non-hydrogen) atoms. The number of amides is 1. The van der Waals surface area contributed by atoms with Crippen LogP contribution in [-0.2, 0) is 37.8 Å². The minimum absolute atomic E-state index is 0.0652. The molecule has 1 aliphatic heterocycles. The summed E-state index contributed by atoms with van der Waals surface area (Å²) in [5, 5.41) is 2.84. The summed E-state index contributed by atoms with van der Waals surface area (Å²) in [5.74, 6) is -0.406. The molecule has 8 nitrogen and oxygen atoms in total. The molecule has 0 aliphatic carbocycles.